The highest BCUT2D eigenvalue weighted by atomic mass is 19.1. The lowest BCUT2D eigenvalue weighted by atomic mass is 10.2. The van der Waals surface area contributed by atoms with Crippen molar-refractivity contribution in [1.29, 1.82) is 0 Å². The molecule has 15 heavy (non-hydrogen) atoms. The quantitative estimate of drug-likeness (QED) is 0.810. The zero-order valence-electron chi connectivity index (χ0n) is 8.11. The molecule has 0 spiro atoms. The van der Waals surface area contributed by atoms with Gasteiger partial charge in [-0.3, -0.25) is 9.59 Å². The number of carboxylic acid groups (broad SMARTS) is 1. The van der Waals surface area contributed by atoms with Gasteiger partial charge in [0, 0.05) is 7.05 Å². The molecule has 1 aromatic rings. The molecule has 1 rings (SSSR count). The zero-order valence-corrected chi connectivity index (χ0v) is 8.11. The third kappa shape index (κ3) is 2.77. The van der Waals surface area contributed by atoms with Crippen LogP contribution in [0.5, 0.6) is 0 Å². The highest BCUT2D eigenvalue weighted by molar-refractivity contribution is 5.95. The van der Waals surface area contributed by atoms with Gasteiger partial charge in [-0.25, -0.2) is 4.39 Å². The third-order valence-electron chi connectivity index (χ3n) is 1.82. The standard InChI is InChI=1S/C10H10FNO3/c1-12(6-9(13)14)10(15)7-4-2-3-5-8(7)11/h2-5H,6H2,1H3,(H,13,14). The molecule has 0 aromatic heterocycles. The van der Waals surface area contributed by atoms with Crippen molar-refractivity contribution in [2.45, 2.75) is 0 Å². The Morgan fingerprint density at radius 2 is 2.00 bits per heavy atom. The predicted molar refractivity (Wildman–Crippen MR) is 51.0 cm³/mol. The van der Waals surface area contributed by atoms with Gasteiger partial charge < -0.3 is 10.0 Å². The average molecular weight is 211 g/mol. The number of aliphatic carboxylic acids is 1. The molecule has 80 valence electrons. The molecule has 0 fully saturated rings. The number of carbonyl (C=O) groups is 2. The maximum absolute atomic E-state index is 13.1. The molecule has 0 heterocycles. The van der Waals surface area contributed by atoms with Crippen LogP contribution in [0.3, 0.4) is 0 Å². The van der Waals surface area contributed by atoms with Gasteiger partial charge in [0.25, 0.3) is 5.91 Å². The topological polar surface area (TPSA) is 57.6 Å². The minimum atomic E-state index is -1.14. The number of rotatable bonds is 3. The first-order valence-electron chi connectivity index (χ1n) is 4.24. The number of carboxylic acids is 1. The molecule has 0 saturated heterocycles. The van der Waals surface area contributed by atoms with Gasteiger partial charge in [0.15, 0.2) is 0 Å². The van der Waals surface area contributed by atoms with E-state index >= 15 is 0 Å². The number of likely N-dealkylation sites (N-methyl/N-ethyl adjacent to an activating group) is 1. The van der Waals surface area contributed by atoms with Crippen molar-refractivity contribution in [3.8, 4) is 0 Å². The number of hydrogen-bond acceptors (Lipinski definition) is 2. The van der Waals surface area contributed by atoms with Gasteiger partial charge in [-0.05, 0) is 12.1 Å². The van der Waals surface area contributed by atoms with Crippen LogP contribution in [-0.4, -0.2) is 35.5 Å². The van der Waals surface area contributed by atoms with Crippen molar-refractivity contribution in [1.82, 2.24) is 4.90 Å². The summed E-state index contributed by atoms with van der Waals surface area (Å²) < 4.78 is 13.1. The first kappa shape index (κ1) is 11.2. The highest BCUT2D eigenvalue weighted by Gasteiger charge is 2.17. The number of benzene rings is 1. The van der Waals surface area contributed by atoms with Crippen LogP contribution >= 0.6 is 0 Å². The van der Waals surface area contributed by atoms with Crippen LogP contribution in [0.15, 0.2) is 24.3 Å². The summed E-state index contributed by atoms with van der Waals surface area (Å²) in [5.74, 6) is -2.43. The molecule has 0 aliphatic carbocycles. The minimum Gasteiger partial charge on any atom is -0.480 e. The van der Waals surface area contributed by atoms with E-state index in [0.717, 1.165) is 11.0 Å². The summed E-state index contributed by atoms with van der Waals surface area (Å²) in [5.41, 5.74) is -0.124. The van der Waals surface area contributed by atoms with E-state index in [9.17, 15) is 14.0 Å². The van der Waals surface area contributed by atoms with Crippen LogP contribution in [0.2, 0.25) is 0 Å². The fourth-order valence-corrected chi connectivity index (χ4v) is 1.11. The summed E-state index contributed by atoms with van der Waals surface area (Å²) in [6.07, 6.45) is 0. The molecular formula is C10H10FNO3. The zero-order chi connectivity index (χ0) is 11.4. The number of carbonyl (C=O) groups excluding carboxylic acids is 1. The molecule has 1 N–H and O–H groups in total. The van der Waals surface area contributed by atoms with Crippen LogP contribution < -0.4 is 0 Å². The number of amides is 1. The van der Waals surface area contributed by atoms with E-state index in [2.05, 4.69) is 0 Å². The Hall–Kier alpha value is -1.91. The Morgan fingerprint density at radius 1 is 1.40 bits per heavy atom. The van der Waals surface area contributed by atoms with Gasteiger partial charge in [-0.15, -0.1) is 0 Å². The van der Waals surface area contributed by atoms with Crippen LogP contribution in [-0.2, 0) is 4.79 Å². The SMILES string of the molecule is CN(CC(=O)O)C(=O)c1ccccc1F. The summed E-state index contributed by atoms with van der Waals surface area (Å²) in [5, 5.41) is 8.46. The minimum absolute atomic E-state index is 0.124. The van der Waals surface area contributed by atoms with Crippen molar-refractivity contribution >= 4 is 11.9 Å². The van der Waals surface area contributed by atoms with Crippen LogP contribution in [0, 0.1) is 5.82 Å². The maximum atomic E-state index is 13.1. The van der Waals surface area contributed by atoms with Crippen LogP contribution in [0.1, 0.15) is 10.4 Å². The van der Waals surface area contributed by atoms with E-state index in [4.69, 9.17) is 5.11 Å². The summed E-state index contributed by atoms with van der Waals surface area (Å²) in [7, 11) is 1.31. The summed E-state index contributed by atoms with van der Waals surface area (Å²) >= 11 is 0. The molecule has 1 aromatic carbocycles. The van der Waals surface area contributed by atoms with Gasteiger partial charge in [-0.2, -0.15) is 0 Å². The molecule has 1 amide bonds. The van der Waals surface area contributed by atoms with Crippen molar-refractivity contribution in [3.05, 3.63) is 35.6 Å². The summed E-state index contributed by atoms with van der Waals surface area (Å²) in [6.45, 7) is -0.451. The predicted octanol–water partition coefficient (Wildman–Crippen LogP) is 0.982. The Labute approximate surface area is 85.9 Å². The molecule has 0 saturated carbocycles. The van der Waals surface area contributed by atoms with Gasteiger partial charge >= 0.3 is 5.97 Å². The second-order valence-electron chi connectivity index (χ2n) is 3.03. The van der Waals surface area contributed by atoms with Crippen molar-refractivity contribution in [2.24, 2.45) is 0 Å². The van der Waals surface area contributed by atoms with E-state index in [-0.39, 0.29) is 5.56 Å². The Balaban J connectivity index is 2.85. The summed E-state index contributed by atoms with van der Waals surface area (Å²) in [4.78, 5) is 22.8. The monoisotopic (exact) mass is 211 g/mol. The lowest BCUT2D eigenvalue weighted by Gasteiger charge is -2.14. The normalized spacial score (nSPS) is 9.73. The molecular weight excluding hydrogens is 201 g/mol. The van der Waals surface area contributed by atoms with E-state index < -0.39 is 24.2 Å². The molecule has 0 unspecified atom stereocenters. The van der Waals surface area contributed by atoms with E-state index in [1.165, 1.54) is 25.2 Å². The molecule has 4 nitrogen and oxygen atoms in total. The number of nitrogens with zero attached hydrogens (tertiary/aromatic N) is 1. The second kappa shape index (κ2) is 4.54. The molecule has 0 aliphatic rings. The van der Waals surface area contributed by atoms with E-state index in [1.54, 1.807) is 0 Å². The Kier molecular flexibility index (Phi) is 3.38. The number of halogens is 1. The molecule has 0 radical (unpaired) electrons. The first-order chi connectivity index (χ1) is 7.02. The fraction of sp³-hybridized carbons (Fsp3) is 0.200. The lowest BCUT2D eigenvalue weighted by molar-refractivity contribution is -0.137. The van der Waals surface area contributed by atoms with Gasteiger partial charge in [0.1, 0.15) is 12.4 Å². The van der Waals surface area contributed by atoms with Crippen LogP contribution in [0.4, 0.5) is 4.39 Å². The first-order valence-corrected chi connectivity index (χ1v) is 4.24. The third-order valence-corrected chi connectivity index (χ3v) is 1.82. The van der Waals surface area contributed by atoms with Crippen LogP contribution in [0.25, 0.3) is 0 Å². The molecule has 5 heteroatoms. The molecule has 0 aliphatic heterocycles. The Bertz CT molecular complexity index is 392. The van der Waals surface area contributed by atoms with E-state index in [1.807, 2.05) is 0 Å². The van der Waals surface area contributed by atoms with E-state index in [0.29, 0.717) is 0 Å². The van der Waals surface area contributed by atoms with Gasteiger partial charge in [0.2, 0.25) is 0 Å². The largest absolute Gasteiger partial charge is 0.480 e. The maximum Gasteiger partial charge on any atom is 0.323 e. The molecule has 0 atom stereocenters. The molecule has 0 bridgehead atoms. The second-order valence-corrected chi connectivity index (χ2v) is 3.03. The number of hydrogen-bond donors (Lipinski definition) is 1. The van der Waals surface area contributed by atoms with Crippen molar-refractivity contribution in [3.63, 3.8) is 0 Å². The fourth-order valence-electron chi connectivity index (χ4n) is 1.11. The van der Waals surface area contributed by atoms with Crippen molar-refractivity contribution in [2.75, 3.05) is 13.6 Å². The van der Waals surface area contributed by atoms with Crippen molar-refractivity contribution < 1.29 is 19.1 Å². The lowest BCUT2D eigenvalue weighted by Crippen LogP contribution is -2.32. The highest BCUT2D eigenvalue weighted by Crippen LogP contribution is 2.08. The average Bonchev–Trinajstić information content (AvgIpc) is 2.16. The van der Waals surface area contributed by atoms with Gasteiger partial charge in [0.05, 0.1) is 5.56 Å². The Morgan fingerprint density at radius 3 is 2.53 bits per heavy atom. The smallest absolute Gasteiger partial charge is 0.323 e. The summed E-state index contributed by atoms with van der Waals surface area (Å²) in [6, 6.07) is 5.45. The van der Waals surface area contributed by atoms with Gasteiger partial charge in [-0.1, -0.05) is 12.1 Å².